The fraction of sp³-hybridized carbons (Fsp3) is 0. The molecule has 4 aromatic heterocycles. The minimum absolute atomic E-state index is 0.593. The molecule has 9 aromatic rings. The highest BCUT2D eigenvalue weighted by Crippen LogP contribution is 2.47. The molecular weight excluding hydrogens is 534 g/mol. The molecular formula is C36H21N5S. The number of hydrogen-bond acceptors (Lipinski definition) is 5. The van der Waals surface area contributed by atoms with E-state index < -0.39 is 0 Å². The minimum atomic E-state index is 0.593. The van der Waals surface area contributed by atoms with E-state index >= 15 is 0 Å². The van der Waals surface area contributed by atoms with Crippen LogP contribution >= 0.6 is 11.3 Å². The van der Waals surface area contributed by atoms with Crippen molar-refractivity contribution >= 4 is 64.2 Å². The molecule has 0 aliphatic heterocycles. The fourth-order valence-electron chi connectivity index (χ4n) is 6.10. The zero-order valence-electron chi connectivity index (χ0n) is 22.3. The van der Waals surface area contributed by atoms with Crippen molar-refractivity contribution in [3.05, 3.63) is 128 Å². The number of para-hydroxylation sites is 1. The number of benzene rings is 5. The van der Waals surface area contributed by atoms with E-state index in [0.717, 1.165) is 32.4 Å². The van der Waals surface area contributed by atoms with E-state index in [4.69, 9.17) is 19.9 Å². The molecule has 4 heterocycles. The molecule has 42 heavy (non-hydrogen) atoms. The predicted molar refractivity (Wildman–Crippen MR) is 173 cm³/mol. The molecule has 0 radical (unpaired) electrons. The van der Waals surface area contributed by atoms with Gasteiger partial charge in [0.25, 0.3) is 0 Å². The van der Waals surface area contributed by atoms with Crippen molar-refractivity contribution in [3.63, 3.8) is 0 Å². The maximum Gasteiger partial charge on any atom is 0.238 e. The van der Waals surface area contributed by atoms with Crippen molar-refractivity contribution in [2.24, 2.45) is 0 Å². The molecule has 0 bridgehead atoms. The summed E-state index contributed by atoms with van der Waals surface area (Å²) in [6.45, 7) is 0. The van der Waals surface area contributed by atoms with Crippen LogP contribution in [0.3, 0.4) is 0 Å². The first kappa shape index (κ1) is 23.3. The smallest absolute Gasteiger partial charge is 0.238 e. The zero-order chi connectivity index (χ0) is 27.6. The molecule has 0 amide bonds. The van der Waals surface area contributed by atoms with Crippen molar-refractivity contribution < 1.29 is 0 Å². The molecule has 6 heteroatoms. The number of pyridine rings is 1. The Kier molecular flexibility index (Phi) is 5.00. The summed E-state index contributed by atoms with van der Waals surface area (Å²) in [6.07, 6.45) is 1.88. The van der Waals surface area contributed by atoms with Crippen molar-refractivity contribution in [3.8, 4) is 28.7 Å². The second-order valence-electron chi connectivity index (χ2n) is 10.3. The van der Waals surface area contributed by atoms with Crippen molar-refractivity contribution in [1.82, 2.24) is 24.5 Å². The Morgan fingerprint density at radius 3 is 1.81 bits per heavy atom. The predicted octanol–water partition coefficient (Wildman–Crippen LogP) is 9.22. The largest absolute Gasteiger partial charge is 0.276 e. The van der Waals surface area contributed by atoms with E-state index in [1.54, 1.807) is 11.3 Å². The van der Waals surface area contributed by atoms with Gasteiger partial charge in [-0.3, -0.25) is 9.55 Å². The highest BCUT2D eigenvalue weighted by molar-refractivity contribution is 7.26. The molecule has 0 saturated carbocycles. The van der Waals surface area contributed by atoms with Gasteiger partial charge >= 0.3 is 0 Å². The van der Waals surface area contributed by atoms with Gasteiger partial charge in [-0.2, -0.15) is 9.97 Å². The summed E-state index contributed by atoms with van der Waals surface area (Å²) >= 11 is 1.78. The summed E-state index contributed by atoms with van der Waals surface area (Å²) in [4.78, 5) is 20.1. The van der Waals surface area contributed by atoms with E-state index in [1.165, 1.54) is 31.6 Å². The quantitative estimate of drug-likeness (QED) is 0.218. The Bertz CT molecular complexity index is 2400. The van der Waals surface area contributed by atoms with Crippen LogP contribution in [-0.2, 0) is 0 Å². The molecule has 0 spiro atoms. The molecule has 9 rings (SSSR count). The lowest BCUT2D eigenvalue weighted by molar-refractivity contribution is 0.955. The highest BCUT2D eigenvalue weighted by atomic mass is 32.1. The number of hydrogen-bond donors (Lipinski definition) is 0. The number of rotatable bonds is 3. The molecule has 0 aliphatic carbocycles. The van der Waals surface area contributed by atoms with Gasteiger partial charge < -0.3 is 0 Å². The van der Waals surface area contributed by atoms with Gasteiger partial charge in [0.15, 0.2) is 11.6 Å². The second kappa shape index (κ2) is 9.03. The van der Waals surface area contributed by atoms with Crippen LogP contribution in [0, 0.1) is 0 Å². The van der Waals surface area contributed by atoms with Gasteiger partial charge in [-0.25, -0.2) is 4.98 Å². The molecule has 5 nitrogen and oxygen atoms in total. The van der Waals surface area contributed by atoms with E-state index in [1.807, 2.05) is 72.9 Å². The summed E-state index contributed by atoms with van der Waals surface area (Å²) in [5.41, 5.74) is 5.07. The molecule has 0 N–H and O–H groups in total. The van der Waals surface area contributed by atoms with Crippen molar-refractivity contribution in [1.29, 1.82) is 0 Å². The third-order valence-corrected chi connectivity index (χ3v) is 9.04. The number of nitrogens with zero attached hydrogens (tertiary/aromatic N) is 5. The standard InChI is InChI=1S/C36H21N5S/c1-3-12-22(13-4-1)34-38-35(23-14-5-2-6-15-23)40-36(39-34)41-27-19-10-9-18-26(27)29-24-16-7-8-17-25(24)30-31-28(20-11-21-37-31)42-33(30)32(29)41/h1-21H. The Balaban J connectivity index is 1.50. The highest BCUT2D eigenvalue weighted by Gasteiger charge is 2.24. The first-order valence-electron chi connectivity index (χ1n) is 13.8. The lowest BCUT2D eigenvalue weighted by Crippen LogP contribution is -2.06. The lowest BCUT2D eigenvalue weighted by atomic mass is 10.0. The van der Waals surface area contributed by atoms with Gasteiger partial charge in [-0.05, 0) is 29.0 Å². The van der Waals surface area contributed by atoms with Crippen LogP contribution in [0.1, 0.15) is 0 Å². The van der Waals surface area contributed by atoms with Gasteiger partial charge in [0.2, 0.25) is 5.95 Å². The first-order chi connectivity index (χ1) is 20.8. The SMILES string of the molecule is c1ccc(-c2nc(-c3ccccc3)nc(-n3c4ccccc4c4c5ccccc5c5c6ncccc6sc5c43)n2)cc1. The van der Waals surface area contributed by atoms with Gasteiger partial charge in [0.05, 0.1) is 25.9 Å². The fourth-order valence-corrected chi connectivity index (χ4v) is 7.31. The monoisotopic (exact) mass is 555 g/mol. The maximum absolute atomic E-state index is 5.14. The maximum atomic E-state index is 5.14. The van der Waals surface area contributed by atoms with Crippen LogP contribution in [-0.4, -0.2) is 24.5 Å². The van der Waals surface area contributed by atoms with Crippen LogP contribution in [0.15, 0.2) is 128 Å². The summed E-state index contributed by atoms with van der Waals surface area (Å²) in [5.74, 6) is 1.87. The summed E-state index contributed by atoms with van der Waals surface area (Å²) < 4.78 is 4.57. The normalized spacial score (nSPS) is 11.8. The topological polar surface area (TPSA) is 56.5 Å². The van der Waals surface area contributed by atoms with E-state index in [9.17, 15) is 0 Å². The first-order valence-corrected chi connectivity index (χ1v) is 14.7. The van der Waals surface area contributed by atoms with E-state index in [-0.39, 0.29) is 0 Å². The van der Waals surface area contributed by atoms with Crippen molar-refractivity contribution in [2.45, 2.75) is 0 Å². The number of thiophene rings is 1. The summed E-state index contributed by atoms with van der Waals surface area (Å²) in [5, 5.41) is 5.94. The number of fused-ring (bicyclic) bond motifs is 10. The van der Waals surface area contributed by atoms with Crippen LogP contribution < -0.4 is 0 Å². The van der Waals surface area contributed by atoms with Gasteiger partial charge in [0.1, 0.15) is 0 Å². The molecule has 0 atom stereocenters. The molecule has 0 saturated heterocycles. The van der Waals surface area contributed by atoms with Gasteiger partial charge in [0, 0.05) is 33.5 Å². The minimum Gasteiger partial charge on any atom is -0.276 e. The summed E-state index contributed by atoms with van der Waals surface area (Å²) in [7, 11) is 0. The Morgan fingerprint density at radius 2 is 1.12 bits per heavy atom. The van der Waals surface area contributed by atoms with Crippen LogP contribution in [0.4, 0.5) is 0 Å². The van der Waals surface area contributed by atoms with Gasteiger partial charge in [-0.15, -0.1) is 11.3 Å². The summed E-state index contributed by atoms with van der Waals surface area (Å²) in [6, 6.07) is 41.6. The molecule has 5 aromatic carbocycles. The van der Waals surface area contributed by atoms with Crippen LogP contribution in [0.2, 0.25) is 0 Å². The third kappa shape index (κ3) is 3.36. The molecule has 0 fully saturated rings. The average Bonchev–Trinajstić information content (AvgIpc) is 3.62. The molecule has 0 aliphatic rings. The second-order valence-corrected chi connectivity index (χ2v) is 11.3. The molecule has 196 valence electrons. The van der Waals surface area contributed by atoms with E-state index in [2.05, 4.69) is 59.2 Å². The number of aromatic nitrogens is 5. The lowest BCUT2D eigenvalue weighted by Gasteiger charge is -2.11. The Labute approximate surface area is 244 Å². The van der Waals surface area contributed by atoms with Crippen molar-refractivity contribution in [2.75, 3.05) is 0 Å². The van der Waals surface area contributed by atoms with E-state index in [0.29, 0.717) is 17.6 Å². The van der Waals surface area contributed by atoms with Gasteiger partial charge in [-0.1, -0.05) is 103 Å². The average molecular weight is 556 g/mol. The van der Waals surface area contributed by atoms with Crippen LogP contribution in [0.5, 0.6) is 0 Å². The third-order valence-electron chi connectivity index (χ3n) is 7.89. The Hall–Kier alpha value is -5.46. The van der Waals surface area contributed by atoms with Crippen LogP contribution in [0.25, 0.3) is 81.6 Å². The zero-order valence-corrected chi connectivity index (χ0v) is 23.1. The molecule has 0 unspecified atom stereocenters. The Morgan fingerprint density at radius 1 is 0.524 bits per heavy atom.